The molecule has 5 nitrogen and oxygen atoms in total. The third-order valence-corrected chi connectivity index (χ3v) is 6.28. The van der Waals surface area contributed by atoms with E-state index in [1.54, 1.807) is 29.3 Å². The van der Waals surface area contributed by atoms with Gasteiger partial charge in [-0.2, -0.15) is 13.2 Å². The third kappa shape index (κ3) is 8.24. The summed E-state index contributed by atoms with van der Waals surface area (Å²) < 4.78 is 57.3. The van der Waals surface area contributed by atoms with Crippen LogP contribution in [0.5, 0.6) is 5.88 Å². The summed E-state index contributed by atoms with van der Waals surface area (Å²) in [6.45, 7) is 7.21. The Morgan fingerprint density at radius 1 is 1.10 bits per heavy atom. The van der Waals surface area contributed by atoms with Crippen molar-refractivity contribution in [2.24, 2.45) is 5.92 Å². The van der Waals surface area contributed by atoms with Gasteiger partial charge in [0.2, 0.25) is 5.88 Å². The maximum Gasteiger partial charge on any atom is 0.416 e. The zero-order valence-electron chi connectivity index (χ0n) is 21.8. The molecule has 0 spiro atoms. The highest BCUT2D eigenvalue weighted by molar-refractivity contribution is 6.05. The molecule has 0 bridgehead atoms. The predicted octanol–water partition coefficient (Wildman–Crippen LogP) is 7.24. The van der Waals surface area contributed by atoms with Crippen molar-refractivity contribution in [1.82, 2.24) is 9.97 Å². The number of methoxy groups -OCH3 is 1. The van der Waals surface area contributed by atoms with E-state index in [2.05, 4.69) is 23.1 Å². The number of aromatic nitrogens is 2. The van der Waals surface area contributed by atoms with Gasteiger partial charge in [-0.05, 0) is 66.6 Å². The number of hydrogen-bond donors (Lipinski definition) is 0. The molecule has 1 amide bonds. The summed E-state index contributed by atoms with van der Waals surface area (Å²) in [6.07, 6.45) is 1.42. The van der Waals surface area contributed by atoms with E-state index in [1.165, 1.54) is 7.11 Å². The molecule has 0 N–H and O–H groups in total. The van der Waals surface area contributed by atoms with Crippen molar-refractivity contribution in [3.63, 3.8) is 0 Å². The number of pyridine rings is 2. The van der Waals surface area contributed by atoms with Crippen molar-refractivity contribution in [2.75, 3.05) is 25.2 Å². The topological polar surface area (TPSA) is 55.3 Å². The fourth-order valence-corrected chi connectivity index (χ4v) is 4.13. The average molecular weight is 542 g/mol. The number of aryl methyl sites for hydroxylation is 1. The second-order valence-corrected chi connectivity index (χ2v) is 9.02. The minimum absolute atomic E-state index is 0.0868. The van der Waals surface area contributed by atoms with E-state index in [-0.39, 0.29) is 24.5 Å². The number of amides is 1. The Hall–Kier alpha value is -4.01. The lowest BCUT2D eigenvalue weighted by atomic mass is 9.98. The van der Waals surface area contributed by atoms with Crippen LogP contribution in [0.3, 0.4) is 0 Å². The number of rotatable bonds is 13. The van der Waals surface area contributed by atoms with Gasteiger partial charge < -0.3 is 9.64 Å². The smallest absolute Gasteiger partial charge is 0.416 e. The normalized spacial score (nSPS) is 12.0. The van der Waals surface area contributed by atoms with Crippen molar-refractivity contribution in [2.45, 2.75) is 31.9 Å². The van der Waals surface area contributed by atoms with Crippen LogP contribution in [0.2, 0.25) is 0 Å². The number of halogens is 4. The summed E-state index contributed by atoms with van der Waals surface area (Å²) in [7, 11) is 1.53. The quantitative estimate of drug-likeness (QED) is 0.130. The molecule has 0 fully saturated rings. The molecule has 1 atom stereocenters. The number of carbonyl (C=O) groups excluding carboxylic acids is 1. The number of hydrogen-bond acceptors (Lipinski definition) is 4. The van der Waals surface area contributed by atoms with Gasteiger partial charge >= 0.3 is 6.18 Å². The monoisotopic (exact) mass is 541 g/mol. The van der Waals surface area contributed by atoms with E-state index in [0.717, 1.165) is 29.5 Å². The molecule has 206 valence electrons. The first kappa shape index (κ1) is 29.5. The maximum atomic E-state index is 13.3. The van der Waals surface area contributed by atoms with Gasteiger partial charge in [0.05, 0.1) is 19.3 Å². The average Bonchev–Trinajstić information content (AvgIpc) is 2.94. The molecule has 0 aliphatic heterocycles. The Bertz CT molecular complexity index is 1290. The van der Waals surface area contributed by atoms with Gasteiger partial charge in [0.25, 0.3) is 5.91 Å². The molecule has 2 heterocycles. The second kappa shape index (κ2) is 13.7. The minimum Gasteiger partial charge on any atom is -0.481 e. The van der Waals surface area contributed by atoms with Gasteiger partial charge in [0, 0.05) is 48.4 Å². The molecule has 0 aliphatic carbocycles. The molecule has 3 rings (SSSR count). The van der Waals surface area contributed by atoms with Crippen molar-refractivity contribution in [3.05, 3.63) is 97.0 Å². The first-order valence-electron chi connectivity index (χ1n) is 12.5. The fourth-order valence-electron chi connectivity index (χ4n) is 4.13. The van der Waals surface area contributed by atoms with E-state index >= 15 is 0 Å². The van der Waals surface area contributed by atoms with Crippen LogP contribution in [0.1, 0.15) is 30.5 Å². The highest BCUT2D eigenvalue weighted by atomic mass is 19.4. The van der Waals surface area contributed by atoms with E-state index in [1.807, 2.05) is 24.3 Å². The number of alkyl halides is 4. The standard InChI is InChI=1S/C30H31F4N3O2/c1-4-22(7-5-9-26-19-25(13-16-35-26)30(32,33)34)20-37(29(38)21(2)11-14-31)27-10-6-8-23(17-27)24-12-15-36-28(18-24)39-3/h4,6,8,10,12-13,15-19,22H,1-2,5,7,9,11,14,20H2,3H3. The summed E-state index contributed by atoms with van der Waals surface area (Å²) in [4.78, 5) is 23.1. The van der Waals surface area contributed by atoms with Crippen molar-refractivity contribution < 1.29 is 27.1 Å². The Kier molecular flexibility index (Phi) is 10.4. The first-order chi connectivity index (χ1) is 18.7. The maximum absolute atomic E-state index is 13.3. The summed E-state index contributed by atoms with van der Waals surface area (Å²) in [6, 6.07) is 12.9. The number of benzene rings is 1. The van der Waals surface area contributed by atoms with Crippen LogP contribution >= 0.6 is 0 Å². The molecule has 2 aromatic heterocycles. The Labute approximate surface area is 225 Å². The predicted molar refractivity (Wildman–Crippen MR) is 144 cm³/mol. The molecular weight excluding hydrogens is 510 g/mol. The highest BCUT2D eigenvalue weighted by Gasteiger charge is 2.30. The van der Waals surface area contributed by atoms with Crippen LogP contribution in [-0.4, -0.2) is 36.2 Å². The Balaban J connectivity index is 1.80. The van der Waals surface area contributed by atoms with Crippen LogP contribution in [0, 0.1) is 5.92 Å². The lowest BCUT2D eigenvalue weighted by molar-refractivity contribution is -0.137. The zero-order chi connectivity index (χ0) is 28.4. The van der Waals surface area contributed by atoms with E-state index in [9.17, 15) is 22.4 Å². The summed E-state index contributed by atoms with van der Waals surface area (Å²) in [5.41, 5.74) is 2.02. The molecule has 1 aromatic carbocycles. The van der Waals surface area contributed by atoms with Gasteiger partial charge in [0.1, 0.15) is 0 Å². The van der Waals surface area contributed by atoms with Crippen LogP contribution in [0.25, 0.3) is 11.1 Å². The van der Waals surface area contributed by atoms with Crippen LogP contribution < -0.4 is 9.64 Å². The summed E-state index contributed by atoms with van der Waals surface area (Å²) in [5, 5.41) is 0. The van der Waals surface area contributed by atoms with Crippen molar-refractivity contribution >= 4 is 11.6 Å². The van der Waals surface area contributed by atoms with Crippen molar-refractivity contribution in [1.29, 1.82) is 0 Å². The first-order valence-corrected chi connectivity index (χ1v) is 12.5. The minimum atomic E-state index is -4.43. The number of ether oxygens (including phenoxy) is 1. The van der Waals surface area contributed by atoms with Crippen LogP contribution in [0.4, 0.5) is 23.2 Å². The van der Waals surface area contributed by atoms with Crippen LogP contribution in [-0.2, 0) is 17.4 Å². The van der Waals surface area contributed by atoms with E-state index in [0.29, 0.717) is 36.5 Å². The number of carbonyl (C=O) groups is 1. The SMILES string of the molecule is C=CC(CCCc1cc(C(F)(F)F)ccn1)CN(C(=O)C(=C)CCF)c1cccc(-c2ccnc(OC)c2)c1. The largest absolute Gasteiger partial charge is 0.481 e. The molecule has 0 radical (unpaired) electrons. The Morgan fingerprint density at radius 3 is 2.54 bits per heavy atom. The third-order valence-electron chi connectivity index (χ3n) is 6.28. The summed E-state index contributed by atoms with van der Waals surface area (Å²) >= 11 is 0. The number of anilines is 1. The molecule has 39 heavy (non-hydrogen) atoms. The van der Waals surface area contributed by atoms with Crippen molar-refractivity contribution in [3.8, 4) is 17.0 Å². The lowest BCUT2D eigenvalue weighted by Crippen LogP contribution is -2.36. The lowest BCUT2D eigenvalue weighted by Gasteiger charge is -2.28. The van der Waals surface area contributed by atoms with E-state index in [4.69, 9.17) is 4.74 Å². The van der Waals surface area contributed by atoms with E-state index < -0.39 is 24.3 Å². The van der Waals surface area contributed by atoms with Gasteiger partial charge in [0.15, 0.2) is 0 Å². The molecule has 9 heteroatoms. The molecular formula is C30H31F4N3O2. The number of nitrogens with zero attached hydrogens (tertiary/aromatic N) is 3. The van der Waals surface area contributed by atoms with Gasteiger partial charge in [-0.3, -0.25) is 14.2 Å². The van der Waals surface area contributed by atoms with Gasteiger partial charge in [-0.15, -0.1) is 6.58 Å². The Morgan fingerprint density at radius 2 is 1.85 bits per heavy atom. The highest BCUT2D eigenvalue weighted by Crippen LogP contribution is 2.30. The molecule has 0 aliphatic rings. The van der Waals surface area contributed by atoms with Gasteiger partial charge in [-0.25, -0.2) is 4.98 Å². The zero-order valence-corrected chi connectivity index (χ0v) is 21.8. The molecule has 1 unspecified atom stereocenters. The van der Waals surface area contributed by atoms with Crippen LogP contribution in [0.15, 0.2) is 85.7 Å². The summed E-state index contributed by atoms with van der Waals surface area (Å²) in [5.74, 6) is -0.129. The molecule has 0 saturated heterocycles. The molecule has 0 saturated carbocycles. The second-order valence-electron chi connectivity index (χ2n) is 9.02. The van der Waals surface area contributed by atoms with Gasteiger partial charge in [-0.1, -0.05) is 24.8 Å². The fraction of sp³-hybridized carbons (Fsp3) is 0.300. The molecule has 3 aromatic rings.